The van der Waals surface area contributed by atoms with Gasteiger partial charge in [0, 0.05) is 18.0 Å². The number of halogens is 1. The lowest BCUT2D eigenvalue weighted by Gasteiger charge is -2.12. The molecule has 0 unspecified atom stereocenters. The smallest absolute Gasteiger partial charge is 0.251 e. The first-order valence-electron chi connectivity index (χ1n) is 6.19. The zero-order valence-corrected chi connectivity index (χ0v) is 11.3. The zero-order chi connectivity index (χ0) is 14.7. The third kappa shape index (κ3) is 3.12. The molecule has 2 rings (SSSR count). The molecule has 0 bridgehead atoms. The molecule has 1 heterocycles. The molecule has 0 atom stereocenters. The van der Waals surface area contributed by atoms with Crippen molar-refractivity contribution in [3.05, 3.63) is 63.8 Å². The number of hydrogen-bond acceptors (Lipinski definition) is 2. The molecule has 4 nitrogen and oxygen atoms in total. The fourth-order valence-corrected chi connectivity index (χ4v) is 1.97. The van der Waals surface area contributed by atoms with Crippen LogP contribution in [0.2, 0.25) is 0 Å². The molecule has 0 aliphatic rings. The number of aromatic nitrogens is 1. The van der Waals surface area contributed by atoms with Crippen molar-refractivity contribution in [2.45, 2.75) is 20.4 Å². The molecule has 1 amide bonds. The Morgan fingerprint density at radius 2 is 1.85 bits per heavy atom. The van der Waals surface area contributed by atoms with E-state index in [4.69, 9.17) is 0 Å². The highest BCUT2D eigenvalue weighted by molar-refractivity contribution is 5.92. The van der Waals surface area contributed by atoms with Crippen molar-refractivity contribution in [1.29, 1.82) is 0 Å². The zero-order valence-electron chi connectivity index (χ0n) is 11.3. The molecule has 2 aromatic rings. The minimum absolute atomic E-state index is 0.218. The summed E-state index contributed by atoms with van der Waals surface area (Å²) >= 11 is 0. The van der Waals surface area contributed by atoms with E-state index in [9.17, 15) is 14.0 Å². The van der Waals surface area contributed by atoms with Crippen LogP contribution < -0.4 is 10.9 Å². The molecular formula is C15H15FN2O2. The number of amides is 1. The number of anilines is 1. The Balaban J connectivity index is 2.17. The molecule has 1 aromatic carbocycles. The fraction of sp³-hybridized carbons (Fsp3) is 0.200. The molecule has 0 aliphatic heterocycles. The molecule has 0 spiro atoms. The topological polar surface area (TPSA) is 51.1 Å². The first-order chi connectivity index (χ1) is 9.47. The third-order valence-electron chi connectivity index (χ3n) is 3.01. The van der Waals surface area contributed by atoms with Gasteiger partial charge in [0.2, 0.25) is 5.91 Å². The van der Waals surface area contributed by atoms with Gasteiger partial charge in [-0.3, -0.25) is 9.59 Å². The van der Waals surface area contributed by atoms with Gasteiger partial charge in [0.15, 0.2) is 0 Å². The van der Waals surface area contributed by atoms with E-state index in [2.05, 4.69) is 5.32 Å². The molecule has 0 saturated carbocycles. The van der Waals surface area contributed by atoms with E-state index >= 15 is 0 Å². The first-order valence-corrected chi connectivity index (χ1v) is 6.19. The van der Waals surface area contributed by atoms with E-state index in [1.54, 1.807) is 0 Å². The Bertz CT molecular complexity index is 687. The van der Waals surface area contributed by atoms with Gasteiger partial charge in [-0.25, -0.2) is 4.39 Å². The molecule has 20 heavy (non-hydrogen) atoms. The van der Waals surface area contributed by atoms with Gasteiger partial charge >= 0.3 is 0 Å². The average Bonchev–Trinajstić information content (AvgIpc) is 2.38. The van der Waals surface area contributed by atoms with Crippen molar-refractivity contribution >= 4 is 11.6 Å². The molecule has 1 aromatic heterocycles. The molecule has 0 radical (unpaired) electrons. The Labute approximate surface area is 115 Å². The Hall–Kier alpha value is -2.43. The van der Waals surface area contributed by atoms with Gasteiger partial charge in [0.1, 0.15) is 12.4 Å². The second kappa shape index (κ2) is 5.69. The number of aryl methyl sites for hydroxylation is 2. The van der Waals surface area contributed by atoms with Crippen LogP contribution in [0.15, 0.2) is 41.3 Å². The van der Waals surface area contributed by atoms with Crippen LogP contribution in [-0.2, 0) is 11.3 Å². The van der Waals surface area contributed by atoms with E-state index in [0.29, 0.717) is 0 Å². The maximum absolute atomic E-state index is 13.1. The maximum Gasteiger partial charge on any atom is 0.251 e. The van der Waals surface area contributed by atoms with Gasteiger partial charge in [-0.15, -0.1) is 0 Å². The van der Waals surface area contributed by atoms with Crippen LogP contribution in [0.25, 0.3) is 0 Å². The number of rotatable bonds is 3. The van der Waals surface area contributed by atoms with Crippen molar-refractivity contribution in [2.75, 3.05) is 5.32 Å². The largest absolute Gasteiger partial charge is 0.324 e. The average molecular weight is 274 g/mol. The minimum atomic E-state index is -0.551. The lowest BCUT2D eigenvalue weighted by molar-refractivity contribution is -0.116. The van der Waals surface area contributed by atoms with Crippen LogP contribution in [-0.4, -0.2) is 10.5 Å². The molecule has 5 heteroatoms. The predicted molar refractivity (Wildman–Crippen MR) is 75.2 cm³/mol. The number of carbonyl (C=O) groups excluding carboxylic acids is 1. The molecular weight excluding hydrogens is 259 g/mol. The van der Waals surface area contributed by atoms with Crippen molar-refractivity contribution in [3.8, 4) is 0 Å². The normalized spacial score (nSPS) is 10.3. The number of carbonyl (C=O) groups is 1. The van der Waals surface area contributed by atoms with Crippen LogP contribution >= 0.6 is 0 Å². The van der Waals surface area contributed by atoms with Crippen LogP contribution in [0.1, 0.15) is 11.1 Å². The summed E-state index contributed by atoms with van der Waals surface area (Å²) in [6, 6.07) is 7.84. The van der Waals surface area contributed by atoms with E-state index < -0.39 is 11.4 Å². The number of pyridine rings is 1. The molecule has 104 valence electrons. The highest BCUT2D eigenvalue weighted by atomic mass is 19.1. The molecule has 1 N–H and O–H groups in total. The lowest BCUT2D eigenvalue weighted by atomic mass is 10.1. The van der Waals surface area contributed by atoms with Crippen LogP contribution in [0.4, 0.5) is 10.1 Å². The van der Waals surface area contributed by atoms with Crippen molar-refractivity contribution in [2.24, 2.45) is 0 Å². The van der Waals surface area contributed by atoms with Crippen LogP contribution in [0.3, 0.4) is 0 Å². The second-order valence-corrected chi connectivity index (χ2v) is 4.63. The summed E-state index contributed by atoms with van der Waals surface area (Å²) in [5, 5.41) is 2.75. The van der Waals surface area contributed by atoms with Crippen molar-refractivity contribution < 1.29 is 9.18 Å². The van der Waals surface area contributed by atoms with Gasteiger partial charge in [-0.05, 0) is 31.0 Å². The molecule has 0 fully saturated rings. The lowest BCUT2D eigenvalue weighted by Crippen LogP contribution is -2.27. The number of para-hydroxylation sites is 1. The summed E-state index contributed by atoms with van der Waals surface area (Å²) in [4.78, 5) is 23.5. The number of nitrogens with zero attached hydrogens (tertiary/aromatic N) is 1. The van der Waals surface area contributed by atoms with Crippen LogP contribution in [0, 0.1) is 19.7 Å². The van der Waals surface area contributed by atoms with E-state index in [0.717, 1.165) is 39.7 Å². The Morgan fingerprint density at radius 3 is 2.50 bits per heavy atom. The number of hydrogen-bond donors (Lipinski definition) is 1. The summed E-state index contributed by atoms with van der Waals surface area (Å²) in [5.74, 6) is -0.917. The highest BCUT2D eigenvalue weighted by Gasteiger charge is 2.09. The van der Waals surface area contributed by atoms with Crippen molar-refractivity contribution in [1.82, 2.24) is 4.57 Å². The number of benzene rings is 1. The molecule has 0 aliphatic carbocycles. The van der Waals surface area contributed by atoms with Gasteiger partial charge in [0.25, 0.3) is 5.56 Å². The summed E-state index contributed by atoms with van der Waals surface area (Å²) in [5.41, 5.74) is 2.18. The van der Waals surface area contributed by atoms with E-state index in [-0.39, 0.29) is 12.5 Å². The summed E-state index contributed by atoms with van der Waals surface area (Å²) in [7, 11) is 0. The van der Waals surface area contributed by atoms with Gasteiger partial charge in [-0.1, -0.05) is 18.2 Å². The first kappa shape index (κ1) is 14.0. The van der Waals surface area contributed by atoms with Gasteiger partial charge in [0.05, 0.1) is 0 Å². The standard InChI is InChI=1S/C15H15FN2O2/c1-10-4-3-5-11(2)15(10)17-13(19)9-18-8-12(16)6-7-14(18)20/h3-8H,9H2,1-2H3,(H,17,19). The second-order valence-electron chi connectivity index (χ2n) is 4.63. The van der Waals surface area contributed by atoms with Gasteiger partial charge in [-0.2, -0.15) is 0 Å². The quantitative estimate of drug-likeness (QED) is 0.933. The summed E-state index contributed by atoms with van der Waals surface area (Å²) < 4.78 is 14.1. The van der Waals surface area contributed by atoms with E-state index in [1.807, 2.05) is 32.0 Å². The highest BCUT2D eigenvalue weighted by Crippen LogP contribution is 2.19. The SMILES string of the molecule is Cc1cccc(C)c1NC(=O)Cn1cc(F)ccc1=O. The minimum Gasteiger partial charge on any atom is -0.324 e. The Morgan fingerprint density at radius 1 is 1.20 bits per heavy atom. The van der Waals surface area contributed by atoms with Gasteiger partial charge < -0.3 is 9.88 Å². The molecule has 0 saturated heterocycles. The maximum atomic E-state index is 13.1. The van der Waals surface area contributed by atoms with E-state index in [1.165, 1.54) is 0 Å². The van der Waals surface area contributed by atoms with Crippen LogP contribution in [0.5, 0.6) is 0 Å². The van der Waals surface area contributed by atoms with Crippen molar-refractivity contribution in [3.63, 3.8) is 0 Å². The monoisotopic (exact) mass is 274 g/mol. The Kier molecular flexibility index (Phi) is 3.98. The number of nitrogens with one attached hydrogen (secondary N) is 1. The summed E-state index contributed by atoms with van der Waals surface area (Å²) in [6.07, 6.45) is 1.02. The fourth-order valence-electron chi connectivity index (χ4n) is 1.97. The summed E-state index contributed by atoms with van der Waals surface area (Å²) in [6.45, 7) is 3.55. The third-order valence-corrected chi connectivity index (χ3v) is 3.01. The predicted octanol–water partition coefficient (Wildman–Crippen LogP) is 2.24.